The fraction of sp³-hybridized carbons (Fsp3) is 0.357. The van der Waals surface area contributed by atoms with Gasteiger partial charge in [-0.2, -0.15) is 0 Å². The number of halogens is 1. The maximum absolute atomic E-state index is 13.0. The third kappa shape index (κ3) is 3.17. The van der Waals surface area contributed by atoms with Crippen molar-refractivity contribution in [2.24, 2.45) is 0 Å². The van der Waals surface area contributed by atoms with Crippen molar-refractivity contribution in [3.05, 3.63) is 53.0 Å². The molecule has 3 nitrogen and oxygen atoms in total. The van der Waals surface area contributed by atoms with E-state index in [-0.39, 0.29) is 12.4 Å². The van der Waals surface area contributed by atoms with Crippen LogP contribution in [-0.4, -0.2) is 16.7 Å². The average molecular weight is 249 g/mol. The standard InChI is InChI=1S/C14H16FNO2/c1-10-13(7-8-17)16-14(18-10)6-5-11-3-2-4-12(15)9-11/h2-4,9,17H,5-8H2,1H3. The minimum atomic E-state index is -0.225. The van der Waals surface area contributed by atoms with Gasteiger partial charge in [-0.3, -0.25) is 0 Å². The van der Waals surface area contributed by atoms with Crippen molar-refractivity contribution in [2.75, 3.05) is 6.61 Å². The molecule has 18 heavy (non-hydrogen) atoms. The molecule has 0 spiro atoms. The molecule has 0 saturated heterocycles. The molecule has 0 aliphatic rings. The minimum absolute atomic E-state index is 0.0662. The first-order valence-electron chi connectivity index (χ1n) is 5.99. The summed E-state index contributed by atoms with van der Waals surface area (Å²) in [5, 5.41) is 8.87. The summed E-state index contributed by atoms with van der Waals surface area (Å²) in [5.41, 5.74) is 1.72. The molecule has 0 unspecified atom stereocenters. The Hall–Kier alpha value is -1.68. The van der Waals surface area contributed by atoms with Crippen molar-refractivity contribution in [2.45, 2.75) is 26.2 Å². The van der Waals surface area contributed by atoms with Crippen molar-refractivity contribution in [3.63, 3.8) is 0 Å². The summed E-state index contributed by atoms with van der Waals surface area (Å²) in [5.74, 6) is 1.16. The van der Waals surface area contributed by atoms with Gasteiger partial charge in [-0.05, 0) is 31.0 Å². The lowest BCUT2D eigenvalue weighted by Gasteiger charge is -1.98. The van der Waals surface area contributed by atoms with Crippen LogP contribution in [0.1, 0.15) is 22.9 Å². The van der Waals surface area contributed by atoms with Crippen LogP contribution in [-0.2, 0) is 19.3 Å². The number of aromatic nitrogens is 1. The third-order valence-corrected chi connectivity index (χ3v) is 2.80. The second-order valence-corrected chi connectivity index (χ2v) is 4.21. The molecular weight excluding hydrogens is 233 g/mol. The lowest BCUT2D eigenvalue weighted by Crippen LogP contribution is -1.95. The molecule has 2 aromatic rings. The van der Waals surface area contributed by atoms with E-state index in [1.807, 2.05) is 13.0 Å². The van der Waals surface area contributed by atoms with Gasteiger partial charge in [0.1, 0.15) is 11.6 Å². The number of hydrogen-bond acceptors (Lipinski definition) is 3. The predicted octanol–water partition coefficient (Wildman–Crippen LogP) is 2.44. The molecule has 4 heteroatoms. The van der Waals surface area contributed by atoms with Crippen LogP contribution in [0.15, 0.2) is 28.7 Å². The van der Waals surface area contributed by atoms with Crippen LogP contribution in [0, 0.1) is 12.7 Å². The fourth-order valence-electron chi connectivity index (χ4n) is 1.88. The van der Waals surface area contributed by atoms with Crippen LogP contribution in [0.3, 0.4) is 0 Å². The highest BCUT2D eigenvalue weighted by Crippen LogP contribution is 2.13. The summed E-state index contributed by atoms with van der Waals surface area (Å²) in [6.45, 7) is 1.90. The van der Waals surface area contributed by atoms with Crippen molar-refractivity contribution >= 4 is 0 Å². The Morgan fingerprint density at radius 3 is 2.83 bits per heavy atom. The lowest BCUT2D eigenvalue weighted by molar-refractivity contribution is 0.297. The zero-order valence-electron chi connectivity index (χ0n) is 10.3. The Bertz CT molecular complexity index is 522. The highest BCUT2D eigenvalue weighted by atomic mass is 19.1. The van der Waals surface area contributed by atoms with Crippen molar-refractivity contribution in [3.8, 4) is 0 Å². The van der Waals surface area contributed by atoms with Gasteiger partial charge in [0, 0.05) is 19.4 Å². The van der Waals surface area contributed by atoms with Gasteiger partial charge in [-0.1, -0.05) is 12.1 Å². The number of oxazole rings is 1. The summed E-state index contributed by atoms with van der Waals surface area (Å²) in [6.07, 6.45) is 1.83. The van der Waals surface area contributed by atoms with Gasteiger partial charge >= 0.3 is 0 Å². The zero-order valence-corrected chi connectivity index (χ0v) is 10.3. The number of aliphatic hydroxyl groups excluding tert-OH is 1. The number of aliphatic hydroxyl groups is 1. The number of benzene rings is 1. The van der Waals surface area contributed by atoms with Gasteiger partial charge in [0.15, 0.2) is 5.89 Å². The first-order chi connectivity index (χ1) is 8.69. The van der Waals surface area contributed by atoms with Gasteiger partial charge in [0.05, 0.1) is 5.69 Å². The second-order valence-electron chi connectivity index (χ2n) is 4.21. The fourth-order valence-corrected chi connectivity index (χ4v) is 1.88. The Morgan fingerprint density at radius 2 is 2.11 bits per heavy atom. The monoisotopic (exact) mass is 249 g/mol. The average Bonchev–Trinajstić information content (AvgIpc) is 2.69. The highest BCUT2D eigenvalue weighted by Gasteiger charge is 2.09. The van der Waals surface area contributed by atoms with E-state index in [0.29, 0.717) is 25.2 Å². The van der Waals surface area contributed by atoms with Crippen LogP contribution >= 0.6 is 0 Å². The van der Waals surface area contributed by atoms with E-state index in [2.05, 4.69) is 4.98 Å². The van der Waals surface area contributed by atoms with E-state index < -0.39 is 0 Å². The molecule has 0 bridgehead atoms. The first kappa shape index (κ1) is 12.8. The van der Waals surface area contributed by atoms with E-state index in [9.17, 15) is 4.39 Å². The number of rotatable bonds is 5. The summed E-state index contributed by atoms with van der Waals surface area (Å²) in [6, 6.07) is 6.53. The van der Waals surface area contributed by atoms with Gasteiger partial charge in [0.25, 0.3) is 0 Å². The van der Waals surface area contributed by atoms with E-state index in [0.717, 1.165) is 17.0 Å². The van der Waals surface area contributed by atoms with E-state index in [4.69, 9.17) is 9.52 Å². The van der Waals surface area contributed by atoms with Crippen LogP contribution in [0.25, 0.3) is 0 Å². The van der Waals surface area contributed by atoms with Gasteiger partial charge in [0.2, 0.25) is 0 Å². The SMILES string of the molecule is Cc1oc(CCc2cccc(F)c2)nc1CCO. The molecule has 0 amide bonds. The smallest absolute Gasteiger partial charge is 0.194 e. The number of aryl methyl sites for hydroxylation is 3. The molecule has 0 fully saturated rings. The second kappa shape index (κ2) is 5.78. The van der Waals surface area contributed by atoms with Crippen LogP contribution < -0.4 is 0 Å². The summed E-state index contributed by atoms with van der Waals surface area (Å²) in [4.78, 5) is 4.32. The number of nitrogens with zero attached hydrogens (tertiary/aromatic N) is 1. The molecule has 0 aliphatic heterocycles. The van der Waals surface area contributed by atoms with Crippen LogP contribution in [0.2, 0.25) is 0 Å². The van der Waals surface area contributed by atoms with E-state index in [1.165, 1.54) is 12.1 Å². The lowest BCUT2D eigenvalue weighted by atomic mass is 10.1. The Morgan fingerprint density at radius 1 is 1.28 bits per heavy atom. The molecule has 1 N–H and O–H groups in total. The Kier molecular flexibility index (Phi) is 4.10. The van der Waals surface area contributed by atoms with Crippen molar-refractivity contribution < 1.29 is 13.9 Å². The molecule has 0 aliphatic carbocycles. The Balaban J connectivity index is 2.00. The molecule has 1 heterocycles. The summed E-state index contributed by atoms with van der Waals surface area (Å²) >= 11 is 0. The van der Waals surface area contributed by atoms with Gasteiger partial charge in [-0.15, -0.1) is 0 Å². The van der Waals surface area contributed by atoms with Crippen molar-refractivity contribution in [1.82, 2.24) is 4.98 Å². The quantitative estimate of drug-likeness (QED) is 0.885. The third-order valence-electron chi connectivity index (χ3n) is 2.80. The molecule has 96 valence electrons. The van der Waals surface area contributed by atoms with E-state index in [1.54, 1.807) is 6.07 Å². The molecule has 1 aromatic heterocycles. The summed E-state index contributed by atoms with van der Waals surface area (Å²) in [7, 11) is 0. The maximum atomic E-state index is 13.0. The largest absolute Gasteiger partial charge is 0.446 e. The van der Waals surface area contributed by atoms with Crippen LogP contribution in [0.4, 0.5) is 4.39 Å². The Labute approximate surface area is 105 Å². The first-order valence-corrected chi connectivity index (χ1v) is 5.99. The van der Waals surface area contributed by atoms with Crippen molar-refractivity contribution in [1.29, 1.82) is 0 Å². The number of hydrogen-bond donors (Lipinski definition) is 1. The topological polar surface area (TPSA) is 46.3 Å². The molecule has 1 aromatic carbocycles. The zero-order chi connectivity index (χ0) is 13.0. The predicted molar refractivity (Wildman–Crippen MR) is 65.8 cm³/mol. The van der Waals surface area contributed by atoms with Gasteiger partial charge < -0.3 is 9.52 Å². The van der Waals surface area contributed by atoms with E-state index >= 15 is 0 Å². The molecular formula is C14H16FNO2. The molecule has 0 radical (unpaired) electrons. The molecule has 0 atom stereocenters. The minimum Gasteiger partial charge on any atom is -0.446 e. The maximum Gasteiger partial charge on any atom is 0.194 e. The summed E-state index contributed by atoms with van der Waals surface area (Å²) < 4.78 is 18.5. The normalized spacial score (nSPS) is 10.8. The van der Waals surface area contributed by atoms with Crippen LogP contribution in [0.5, 0.6) is 0 Å². The van der Waals surface area contributed by atoms with Gasteiger partial charge in [-0.25, -0.2) is 9.37 Å². The molecule has 2 rings (SSSR count). The molecule has 0 saturated carbocycles. The highest BCUT2D eigenvalue weighted by molar-refractivity contribution is 5.17.